The molecule has 0 spiro atoms. The van der Waals surface area contributed by atoms with E-state index in [0.717, 1.165) is 19.3 Å². The van der Waals surface area contributed by atoms with E-state index in [2.05, 4.69) is 20.9 Å². The number of nitrogens with one attached hydrogen (secondary N) is 2. The van der Waals surface area contributed by atoms with Crippen molar-refractivity contribution in [2.24, 2.45) is 23.2 Å². The number of methoxy groups -OCH3 is 1. The van der Waals surface area contributed by atoms with Crippen molar-refractivity contribution in [3.05, 3.63) is 58.8 Å². The molecule has 4 bridgehead atoms. The van der Waals surface area contributed by atoms with Crippen molar-refractivity contribution in [3.63, 3.8) is 0 Å². The number of rotatable bonds is 6. The van der Waals surface area contributed by atoms with Gasteiger partial charge in [-0.2, -0.15) is 0 Å². The first-order chi connectivity index (χ1) is 16.7. The summed E-state index contributed by atoms with van der Waals surface area (Å²) >= 11 is 3.45. The number of hydrogen-bond donors (Lipinski definition) is 2. The van der Waals surface area contributed by atoms with Gasteiger partial charge in [-0.1, -0.05) is 6.08 Å². The number of halogens is 1. The minimum absolute atomic E-state index is 0.212. The second kappa shape index (κ2) is 8.78. The molecule has 4 aliphatic rings. The average Bonchev–Trinajstić information content (AvgIpc) is 2.77. The SMILES string of the molecule is COc1cc(C=Cc2[nH]c(=O)[nH]c(=O)c2[N+](=O)[O-])cc(Br)c1OC(=O)C12CC3CC(CC(C3)C1)C2. The van der Waals surface area contributed by atoms with Crippen LogP contribution in [0.15, 0.2) is 26.2 Å². The van der Waals surface area contributed by atoms with Crippen LogP contribution in [0.1, 0.15) is 49.8 Å². The van der Waals surface area contributed by atoms with Gasteiger partial charge in [-0.3, -0.25) is 24.7 Å². The molecule has 0 saturated heterocycles. The highest BCUT2D eigenvalue weighted by atomic mass is 79.9. The molecule has 2 aromatic rings. The summed E-state index contributed by atoms with van der Waals surface area (Å²) in [6.07, 6.45) is 9.04. The van der Waals surface area contributed by atoms with Gasteiger partial charge in [-0.25, -0.2) is 4.79 Å². The molecular formula is C24H24BrN3O7. The Morgan fingerprint density at radius 2 is 1.74 bits per heavy atom. The molecule has 1 heterocycles. The molecule has 10 nitrogen and oxygen atoms in total. The third-order valence-corrected chi connectivity index (χ3v) is 8.08. The van der Waals surface area contributed by atoms with Gasteiger partial charge in [0.25, 0.3) is 0 Å². The number of nitrogens with zero attached hydrogens (tertiary/aromatic N) is 1. The van der Waals surface area contributed by atoms with Crippen LogP contribution in [-0.2, 0) is 4.79 Å². The number of nitro groups is 1. The predicted molar refractivity (Wildman–Crippen MR) is 130 cm³/mol. The molecule has 2 N–H and O–H groups in total. The molecule has 1 aromatic carbocycles. The van der Waals surface area contributed by atoms with Crippen LogP contribution in [0.25, 0.3) is 12.2 Å². The van der Waals surface area contributed by atoms with Crippen LogP contribution in [0.5, 0.6) is 11.5 Å². The second-order valence-corrected chi connectivity index (χ2v) is 10.7. The minimum Gasteiger partial charge on any atom is -0.493 e. The van der Waals surface area contributed by atoms with E-state index in [0.29, 0.717) is 33.5 Å². The summed E-state index contributed by atoms with van der Waals surface area (Å²) < 4.78 is 11.9. The molecule has 0 unspecified atom stereocenters. The van der Waals surface area contributed by atoms with Crippen molar-refractivity contribution in [1.82, 2.24) is 9.97 Å². The summed E-state index contributed by atoms with van der Waals surface area (Å²) in [6.45, 7) is 0. The fourth-order valence-electron chi connectivity index (χ4n) is 6.48. The normalized spacial score (nSPS) is 26.7. The van der Waals surface area contributed by atoms with E-state index in [9.17, 15) is 24.5 Å². The maximum atomic E-state index is 13.4. The van der Waals surface area contributed by atoms with Gasteiger partial charge in [-0.15, -0.1) is 0 Å². The highest BCUT2D eigenvalue weighted by Gasteiger charge is 2.55. The smallest absolute Gasteiger partial charge is 0.357 e. The Labute approximate surface area is 208 Å². The molecule has 0 amide bonds. The van der Waals surface area contributed by atoms with Crippen molar-refractivity contribution >= 4 is 39.7 Å². The van der Waals surface area contributed by atoms with Crippen LogP contribution in [-0.4, -0.2) is 28.0 Å². The van der Waals surface area contributed by atoms with Crippen molar-refractivity contribution in [1.29, 1.82) is 0 Å². The van der Waals surface area contributed by atoms with E-state index in [4.69, 9.17) is 9.47 Å². The van der Waals surface area contributed by atoms with Crippen LogP contribution in [0.3, 0.4) is 0 Å². The fourth-order valence-corrected chi connectivity index (χ4v) is 7.02. The first-order valence-electron chi connectivity index (χ1n) is 11.5. The molecule has 0 radical (unpaired) electrons. The summed E-state index contributed by atoms with van der Waals surface area (Å²) in [5.74, 6) is 2.19. The zero-order chi connectivity index (χ0) is 24.9. The van der Waals surface area contributed by atoms with Gasteiger partial charge < -0.3 is 14.5 Å². The monoisotopic (exact) mass is 545 g/mol. The Morgan fingerprint density at radius 1 is 1.11 bits per heavy atom. The largest absolute Gasteiger partial charge is 0.493 e. The fraction of sp³-hybridized carbons (Fsp3) is 0.458. The maximum Gasteiger partial charge on any atom is 0.357 e. The number of benzene rings is 1. The van der Waals surface area contributed by atoms with Crippen molar-refractivity contribution in [3.8, 4) is 11.5 Å². The standard InChI is InChI=1S/C24H24BrN3O7/c1-34-18-8-12(2-3-17-19(28(32)33)21(29)27-23(31)26-17)7-16(25)20(18)35-22(30)24-9-13-4-14(10-24)6-15(5-13)11-24/h2-3,7-8,13-15H,4-6,9-11H2,1H3,(H2,26,27,29,31). The summed E-state index contributed by atoms with van der Waals surface area (Å²) in [5, 5.41) is 11.2. The van der Waals surface area contributed by atoms with Crippen LogP contribution in [0.4, 0.5) is 5.69 Å². The first kappa shape index (κ1) is 23.5. The molecule has 1 aromatic heterocycles. The molecule has 4 fully saturated rings. The molecule has 0 aliphatic heterocycles. The van der Waals surface area contributed by atoms with Gasteiger partial charge in [0.05, 0.1) is 21.9 Å². The molecule has 35 heavy (non-hydrogen) atoms. The third-order valence-electron chi connectivity index (χ3n) is 7.49. The molecule has 4 aliphatic carbocycles. The second-order valence-electron chi connectivity index (χ2n) is 9.88. The van der Waals surface area contributed by atoms with E-state index in [1.165, 1.54) is 38.5 Å². The number of carbonyl (C=O) groups excluding carboxylic acids is 1. The highest BCUT2D eigenvalue weighted by molar-refractivity contribution is 9.10. The lowest BCUT2D eigenvalue weighted by Gasteiger charge is -2.55. The third kappa shape index (κ3) is 4.33. The van der Waals surface area contributed by atoms with Gasteiger partial charge in [0.15, 0.2) is 11.5 Å². The van der Waals surface area contributed by atoms with Crippen LogP contribution in [0.2, 0.25) is 0 Å². The highest BCUT2D eigenvalue weighted by Crippen LogP contribution is 2.60. The summed E-state index contributed by atoms with van der Waals surface area (Å²) in [5.41, 5.74) is -2.85. The minimum atomic E-state index is -1.09. The van der Waals surface area contributed by atoms with E-state index >= 15 is 0 Å². The summed E-state index contributed by atoms with van der Waals surface area (Å²) in [7, 11) is 1.45. The number of ether oxygens (including phenoxy) is 2. The summed E-state index contributed by atoms with van der Waals surface area (Å²) in [6, 6.07) is 3.28. The van der Waals surface area contributed by atoms with Gasteiger partial charge >= 0.3 is 22.9 Å². The lowest BCUT2D eigenvalue weighted by molar-refractivity contribution is -0.386. The van der Waals surface area contributed by atoms with Crippen molar-refractivity contribution in [2.45, 2.75) is 38.5 Å². The number of aromatic nitrogens is 2. The zero-order valence-corrected chi connectivity index (χ0v) is 20.6. The van der Waals surface area contributed by atoms with Crippen molar-refractivity contribution in [2.75, 3.05) is 7.11 Å². The Balaban J connectivity index is 1.42. The topological polar surface area (TPSA) is 144 Å². The van der Waals surface area contributed by atoms with E-state index in [1.807, 2.05) is 4.98 Å². The van der Waals surface area contributed by atoms with Gasteiger partial charge in [0, 0.05) is 0 Å². The number of aromatic amines is 2. The number of hydrogen-bond acceptors (Lipinski definition) is 7. The van der Waals surface area contributed by atoms with Crippen molar-refractivity contribution < 1.29 is 19.2 Å². The quantitative estimate of drug-likeness (QED) is 0.241. The Bertz CT molecular complexity index is 1320. The average molecular weight is 546 g/mol. The molecule has 184 valence electrons. The molecular weight excluding hydrogens is 522 g/mol. The maximum absolute atomic E-state index is 13.4. The number of H-pyrrole nitrogens is 2. The molecule has 11 heteroatoms. The molecule has 4 saturated carbocycles. The van der Waals surface area contributed by atoms with Gasteiger partial charge in [0.2, 0.25) is 0 Å². The lowest BCUT2D eigenvalue weighted by atomic mass is 9.49. The van der Waals surface area contributed by atoms with Gasteiger partial charge in [-0.05, 0) is 96.0 Å². The Morgan fingerprint density at radius 3 is 2.31 bits per heavy atom. The number of carbonyl (C=O) groups is 1. The molecule has 0 atom stereocenters. The first-order valence-corrected chi connectivity index (χ1v) is 12.3. The lowest BCUT2D eigenvalue weighted by Crippen LogP contribution is -2.51. The van der Waals surface area contributed by atoms with Gasteiger partial charge in [0.1, 0.15) is 5.69 Å². The van der Waals surface area contributed by atoms with Crippen LogP contribution in [0, 0.1) is 33.3 Å². The van der Waals surface area contributed by atoms with E-state index < -0.39 is 27.3 Å². The van der Waals surface area contributed by atoms with E-state index in [1.54, 1.807) is 12.1 Å². The van der Waals surface area contributed by atoms with Crippen LogP contribution >= 0.6 is 15.9 Å². The van der Waals surface area contributed by atoms with E-state index in [-0.39, 0.29) is 17.4 Å². The number of esters is 1. The summed E-state index contributed by atoms with van der Waals surface area (Å²) in [4.78, 5) is 51.3. The van der Waals surface area contributed by atoms with Crippen LogP contribution < -0.4 is 20.7 Å². The predicted octanol–water partition coefficient (Wildman–Crippen LogP) is 4.03. The molecule has 6 rings (SSSR count). The Hall–Kier alpha value is -3.21. The Kier molecular flexibility index (Phi) is 5.90. The zero-order valence-electron chi connectivity index (χ0n) is 19.0.